The normalized spacial score (nSPS) is 12.6. The van der Waals surface area contributed by atoms with Gasteiger partial charge in [0, 0.05) is 9.58 Å². The fourth-order valence-corrected chi connectivity index (χ4v) is 5.52. The zero-order chi connectivity index (χ0) is 22.4. The molecule has 0 bridgehead atoms. The van der Waals surface area contributed by atoms with Gasteiger partial charge < -0.3 is 10.8 Å². The van der Waals surface area contributed by atoms with Gasteiger partial charge in [0.05, 0.1) is 29.7 Å². The molecule has 32 heavy (non-hydrogen) atoms. The Bertz CT molecular complexity index is 1500. The minimum Gasteiger partial charge on any atom is -0.386 e. The summed E-state index contributed by atoms with van der Waals surface area (Å²) in [6, 6.07) is 9.87. The molecule has 4 aromatic heterocycles. The third-order valence-corrected chi connectivity index (χ3v) is 7.49. The summed E-state index contributed by atoms with van der Waals surface area (Å²) in [4.78, 5) is 31.6. The SMILES string of the molecule is Cc1c(C(N)=O)sc2ncn(Cc3nnn(C[C@H](O)c4cc5ccccc5s4)n3)c(=O)c12. The zero-order valence-electron chi connectivity index (χ0n) is 16.8. The molecule has 0 aliphatic carbocycles. The summed E-state index contributed by atoms with van der Waals surface area (Å²) >= 11 is 2.62. The van der Waals surface area contributed by atoms with Gasteiger partial charge in [-0.2, -0.15) is 4.80 Å². The van der Waals surface area contributed by atoms with Crippen LogP contribution in [0.3, 0.4) is 0 Å². The van der Waals surface area contributed by atoms with Crippen molar-refractivity contribution in [2.45, 2.75) is 26.1 Å². The molecule has 12 heteroatoms. The number of hydrogen-bond acceptors (Lipinski definition) is 9. The van der Waals surface area contributed by atoms with Crippen molar-refractivity contribution in [1.29, 1.82) is 0 Å². The average molecular weight is 468 g/mol. The van der Waals surface area contributed by atoms with Gasteiger partial charge in [0.1, 0.15) is 10.9 Å². The average Bonchev–Trinajstić information content (AvgIpc) is 3.47. The molecule has 3 N–H and O–H groups in total. The number of benzene rings is 1. The number of aliphatic hydroxyl groups is 1. The zero-order valence-corrected chi connectivity index (χ0v) is 18.4. The molecule has 1 aromatic carbocycles. The summed E-state index contributed by atoms with van der Waals surface area (Å²) in [6.45, 7) is 1.87. The van der Waals surface area contributed by atoms with E-state index in [2.05, 4.69) is 20.4 Å². The predicted molar refractivity (Wildman–Crippen MR) is 121 cm³/mol. The van der Waals surface area contributed by atoms with Gasteiger partial charge in [-0.3, -0.25) is 14.2 Å². The van der Waals surface area contributed by atoms with Gasteiger partial charge in [-0.15, -0.1) is 32.9 Å². The van der Waals surface area contributed by atoms with Crippen molar-refractivity contribution >= 4 is 48.9 Å². The molecule has 5 rings (SSSR count). The quantitative estimate of drug-likeness (QED) is 0.388. The van der Waals surface area contributed by atoms with Crippen molar-refractivity contribution in [2.75, 3.05) is 0 Å². The van der Waals surface area contributed by atoms with Crippen LogP contribution in [0.4, 0.5) is 0 Å². The van der Waals surface area contributed by atoms with Gasteiger partial charge in [0.25, 0.3) is 11.5 Å². The Morgan fingerprint density at radius 3 is 2.88 bits per heavy atom. The number of primary amides is 1. The molecule has 0 aliphatic heterocycles. The lowest BCUT2D eigenvalue weighted by Crippen LogP contribution is -2.22. The minimum absolute atomic E-state index is 0.0575. The van der Waals surface area contributed by atoms with Crippen LogP contribution in [0.5, 0.6) is 0 Å². The van der Waals surface area contributed by atoms with E-state index in [4.69, 9.17) is 5.73 Å². The highest BCUT2D eigenvalue weighted by molar-refractivity contribution is 7.20. The summed E-state index contributed by atoms with van der Waals surface area (Å²) in [5.74, 6) is -0.280. The van der Waals surface area contributed by atoms with Gasteiger partial charge in [0.15, 0.2) is 5.82 Å². The van der Waals surface area contributed by atoms with Crippen LogP contribution in [-0.4, -0.2) is 40.8 Å². The Kier molecular flexibility index (Phi) is 5.04. The van der Waals surface area contributed by atoms with Crippen LogP contribution < -0.4 is 11.3 Å². The van der Waals surface area contributed by atoms with E-state index in [-0.39, 0.29) is 18.6 Å². The Balaban J connectivity index is 1.36. The van der Waals surface area contributed by atoms with E-state index in [0.29, 0.717) is 26.5 Å². The van der Waals surface area contributed by atoms with Crippen molar-refractivity contribution in [3.8, 4) is 0 Å². The first-order chi connectivity index (χ1) is 15.4. The van der Waals surface area contributed by atoms with E-state index in [0.717, 1.165) is 26.3 Å². The van der Waals surface area contributed by atoms with Crippen LogP contribution in [0.2, 0.25) is 0 Å². The number of carbonyl (C=O) groups is 1. The maximum absolute atomic E-state index is 12.9. The Labute approximate surface area is 188 Å². The molecule has 1 amide bonds. The first kappa shape index (κ1) is 20.4. The molecule has 5 aromatic rings. The molecule has 0 saturated carbocycles. The molecule has 0 fully saturated rings. The number of hydrogen-bond donors (Lipinski definition) is 2. The molecule has 4 heterocycles. The van der Waals surface area contributed by atoms with Gasteiger partial charge in [-0.05, 0) is 35.2 Å². The van der Waals surface area contributed by atoms with Gasteiger partial charge in [-0.1, -0.05) is 18.2 Å². The second kappa shape index (κ2) is 7.89. The summed E-state index contributed by atoms with van der Waals surface area (Å²) in [6.07, 6.45) is 0.605. The number of fused-ring (bicyclic) bond motifs is 2. The van der Waals surface area contributed by atoms with Crippen molar-refractivity contribution in [2.24, 2.45) is 5.73 Å². The Morgan fingerprint density at radius 2 is 2.09 bits per heavy atom. The number of nitrogens with zero attached hydrogens (tertiary/aromatic N) is 6. The third-order valence-electron chi connectivity index (χ3n) is 5.06. The highest BCUT2D eigenvalue weighted by Crippen LogP contribution is 2.30. The van der Waals surface area contributed by atoms with E-state index in [1.807, 2.05) is 30.3 Å². The van der Waals surface area contributed by atoms with E-state index in [1.165, 1.54) is 27.0 Å². The fourth-order valence-electron chi connectivity index (χ4n) is 3.49. The van der Waals surface area contributed by atoms with Crippen LogP contribution in [-0.2, 0) is 13.1 Å². The topological polar surface area (TPSA) is 142 Å². The minimum atomic E-state index is -0.782. The van der Waals surface area contributed by atoms with Gasteiger partial charge in [-0.25, -0.2) is 4.98 Å². The number of tetrazole rings is 1. The largest absolute Gasteiger partial charge is 0.386 e. The van der Waals surface area contributed by atoms with Crippen molar-refractivity contribution in [3.63, 3.8) is 0 Å². The van der Waals surface area contributed by atoms with Crippen LogP contribution >= 0.6 is 22.7 Å². The van der Waals surface area contributed by atoms with Crippen molar-refractivity contribution < 1.29 is 9.90 Å². The molecular weight excluding hydrogens is 450 g/mol. The first-order valence-corrected chi connectivity index (χ1v) is 11.3. The number of amides is 1. The lowest BCUT2D eigenvalue weighted by Gasteiger charge is -2.06. The van der Waals surface area contributed by atoms with Crippen LogP contribution in [0, 0.1) is 6.92 Å². The Morgan fingerprint density at radius 1 is 1.28 bits per heavy atom. The molecule has 1 atom stereocenters. The van der Waals surface area contributed by atoms with Crippen LogP contribution in [0.15, 0.2) is 41.5 Å². The van der Waals surface area contributed by atoms with Crippen LogP contribution in [0.25, 0.3) is 20.3 Å². The molecule has 0 radical (unpaired) electrons. The summed E-state index contributed by atoms with van der Waals surface area (Å²) in [5.41, 5.74) is 5.59. The number of rotatable bonds is 6. The summed E-state index contributed by atoms with van der Waals surface area (Å²) in [5, 5.41) is 24.3. The van der Waals surface area contributed by atoms with Gasteiger partial charge in [0.2, 0.25) is 0 Å². The van der Waals surface area contributed by atoms with E-state index >= 15 is 0 Å². The number of carbonyl (C=O) groups excluding carboxylic acids is 1. The highest BCUT2D eigenvalue weighted by atomic mass is 32.1. The number of aromatic nitrogens is 6. The lowest BCUT2D eigenvalue weighted by molar-refractivity contribution is 0.100. The van der Waals surface area contributed by atoms with E-state index < -0.39 is 12.0 Å². The number of nitrogens with two attached hydrogens (primary N) is 1. The van der Waals surface area contributed by atoms with Crippen molar-refractivity contribution in [1.82, 2.24) is 29.8 Å². The highest BCUT2D eigenvalue weighted by Gasteiger charge is 2.19. The molecule has 0 saturated heterocycles. The predicted octanol–water partition coefficient (Wildman–Crippen LogP) is 1.85. The molecular formula is C20H17N7O3S2. The number of aryl methyl sites for hydroxylation is 1. The Hall–Kier alpha value is -3.48. The fraction of sp³-hybridized carbons (Fsp3) is 0.200. The smallest absolute Gasteiger partial charge is 0.262 e. The first-order valence-electron chi connectivity index (χ1n) is 9.62. The van der Waals surface area contributed by atoms with Crippen molar-refractivity contribution in [3.05, 3.63) is 68.2 Å². The van der Waals surface area contributed by atoms with E-state index in [9.17, 15) is 14.7 Å². The molecule has 162 valence electrons. The monoisotopic (exact) mass is 467 g/mol. The molecule has 10 nitrogen and oxygen atoms in total. The molecule has 0 unspecified atom stereocenters. The standard InChI is InChI=1S/C20H17N7O3S2/c1-10-16-19(32-17(10)18(21)29)22-9-26(20(16)30)8-15-23-25-27(24-15)7-12(28)14-6-11-4-2-3-5-13(11)31-14/h2-6,9,12,28H,7-8H2,1H3,(H2,21,29)/t12-/m0/s1. The van der Waals surface area contributed by atoms with Gasteiger partial charge >= 0.3 is 0 Å². The number of aliphatic hydroxyl groups excluding tert-OH is 1. The molecule has 0 spiro atoms. The summed E-state index contributed by atoms with van der Waals surface area (Å²) < 4.78 is 2.45. The summed E-state index contributed by atoms with van der Waals surface area (Å²) in [7, 11) is 0. The maximum Gasteiger partial charge on any atom is 0.262 e. The number of thiophene rings is 2. The van der Waals surface area contributed by atoms with Crippen LogP contribution in [0.1, 0.15) is 32.0 Å². The molecule has 0 aliphatic rings. The lowest BCUT2D eigenvalue weighted by atomic mass is 10.2. The second-order valence-corrected chi connectivity index (χ2v) is 9.36. The maximum atomic E-state index is 12.9. The van der Waals surface area contributed by atoms with E-state index in [1.54, 1.807) is 6.92 Å². The third kappa shape index (κ3) is 3.57. The second-order valence-electron chi connectivity index (χ2n) is 7.24.